The Hall–Kier alpha value is -1.96. The molecule has 0 aliphatic carbocycles. The van der Waals surface area contributed by atoms with E-state index in [4.69, 9.17) is 0 Å². The Morgan fingerprint density at radius 2 is 2.11 bits per heavy atom. The van der Waals surface area contributed by atoms with E-state index in [-0.39, 0.29) is 11.4 Å². The topological polar surface area (TPSA) is 69.8 Å². The Kier molecular flexibility index (Phi) is 4.02. The smallest absolute Gasteiger partial charge is 0.320 e. The maximum Gasteiger partial charge on any atom is 0.320 e. The number of nitriles is 1. The lowest BCUT2D eigenvalue weighted by Gasteiger charge is -2.17. The minimum Gasteiger partial charge on any atom is -0.338 e. The van der Waals surface area contributed by atoms with Gasteiger partial charge in [0.05, 0.1) is 5.56 Å². The van der Waals surface area contributed by atoms with Crippen molar-refractivity contribution in [2.75, 3.05) is 11.9 Å². The molecule has 5 nitrogen and oxygen atoms in total. The van der Waals surface area contributed by atoms with E-state index in [1.54, 1.807) is 4.57 Å². The highest BCUT2D eigenvalue weighted by atomic mass is 16.2. The van der Waals surface area contributed by atoms with Crippen molar-refractivity contribution in [1.82, 2.24) is 9.88 Å². The standard InChI is InChI=1S/C13H20N4O/c1-6-15-12(18)16-11-9(7-14)10(8-17(11)5)13(2,3)4/h8H,6H2,1-5H3,(H2,15,16,18). The van der Waals surface area contributed by atoms with E-state index in [0.29, 0.717) is 17.9 Å². The molecule has 98 valence electrons. The molecule has 0 unspecified atom stereocenters. The van der Waals surface area contributed by atoms with Crippen molar-refractivity contribution in [2.24, 2.45) is 7.05 Å². The van der Waals surface area contributed by atoms with E-state index in [1.807, 2.05) is 40.9 Å². The molecule has 0 saturated carbocycles. The molecule has 18 heavy (non-hydrogen) atoms. The average Bonchev–Trinajstić information content (AvgIpc) is 2.56. The van der Waals surface area contributed by atoms with E-state index in [9.17, 15) is 10.1 Å². The lowest BCUT2D eigenvalue weighted by atomic mass is 9.86. The van der Waals surface area contributed by atoms with Crippen LogP contribution in [0.15, 0.2) is 6.20 Å². The number of rotatable bonds is 2. The Morgan fingerprint density at radius 3 is 2.56 bits per heavy atom. The van der Waals surface area contributed by atoms with E-state index in [1.165, 1.54) is 0 Å². The van der Waals surface area contributed by atoms with Crippen molar-refractivity contribution in [3.8, 4) is 6.07 Å². The maximum absolute atomic E-state index is 11.5. The van der Waals surface area contributed by atoms with Crippen molar-refractivity contribution >= 4 is 11.8 Å². The van der Waals surface area contributed by atoms with Crippen LogP contribution in [0.1, 0.15) is 38.8 Å². The van der Waals surface area contributed by atoms with Crippen molar-refractivity contribution < 1.29 is 4.79 Å². The molecule has 2 N–H and O–H groups in total. The number of carbonyl (C=O) groups is 1. The van der Waals surface area contributed by atoms with E-state index < -0.39 is 0 Å². The molecule has 2 amide bonds. The third-order valence-corrected chi connectivity index (χ3v) is 2.67. The molecule has 0 spiro atoms. The molecule has 0 aliphatic heterocycles. The Labute approximate surface area is 108 Å². The predicted molar refractivity (Wildman–Crippen MR) is 71.5 cm³/mol. The number of aromatic nitrogens is 1. The van der Waals surface area contributed by atoms with Gasteiger partial charge in [-0.3, -0.25) is 5.32 Å². The molecule has 1 rings (SSSR count). The lowest BCUT2D eigenvalue weighted by molar-refractivity contribution is 0.252. The van der Waals surface area contributed by atoms with Gasteiger partial charge in [0.2, 0.25) is 0 Å². The summed E-state index contributed by atoms with van der Waals surface area (Å²) in [4.78, 5) is 11.5. The summed E-state index contributed by atoms with van der Waals surface area (Å²) in [5.74, 6) is 0.536. The van der Waals surface area contributed by atoms with Crippen LogP contribution in [-0.4, -0.2) is 17.1 Å². The van der Waals surface area contributed by atoms with Gasteiger partial charge in [0.15, 0.2) is 0 Å². The molecule has 0 atom stereocenters. The first-order valence-corrected chi connectivity index (χ1v) is 5.96. The number of aryl methyl sites for hydroxylation is 1. The monoisotopic (exact) mass is 248 g/mol. The maximum atomic E-state index is 11.5. The highest BCUT2D eigenvalue weighted by Gasteiger charge is 2.24. The fourth-order valence-electron chi connectivity index (χ4n) is 1.77. The van der Waals surface area contributed by atoms with Crippen molar-refractivity contribution in [3.63, 3.8) is 0 Å². The number of hydrogen-bond acceptors (Lipinski definition) is 2. The third kappa shape index (κ3) is 2.83. The summed E-state index contributed by atoms with van der Waals surface area (Å²) < 4.78 is 1.77. The number of carbonyl (C=O) groups excluding carboxylic acids is 1. The van der Waals surface area contributed by atoms with Crippen LogP contribution in [-0.2, 0) is 12.5 Å². The number of urea groups is 1. The van der Waals surface area contributed by atoms with Gasteiger partial charge in [0.1, 0.15) is 11.9 Å². The molecule has 0 aromatic carbocycles. The number of hydrogen-bond donors (Lipinski definition) is 2. The molecular formula is C13H20N4O. The van der Waals surface area contributed by atoms with Crippen LogP contribution in [0.3, 0.4) is 0 Å². The third-order valence-electron chi connectivity index (χ3n) is 2.67. The van der Waals surface area contributed by atoms with Crippen molar-refractivity contribution in [3.05, 3.63) is 17.3 Å². The zero-order chi connectivity index (χ0) is 13.9. The highest BCUT2D eigenvalue weighted by molar-refractivity contribution is 5.90. The molecule has 1 aromatic heterocycles. The minimum atomic E-state index is -0.296. The summed E-state index contributed by atoms with van der Waals surface area (Å²) in [5.41, 5.74) is 1.32. The average molecular weight is 248 g/mol. The second-order valence-corrected chi connectivity index (χ2v) is 5.22. The summed E-state index contributed by atoms with van der Waals surface area (Å²) in [6.07, 6.45) is 1.89. The first kappa shape index (κ1) is 14.1. The van der Waals surface area contributed by atoms with Gasteiger partial charge in [-0.2, -0.15) is 5.26 Å². The van der Waals surface area contributed by atoms with E-state index in [2.05, 4.69) is 16.7 Å². The van der Waals surface area contributed by atoms with Gasteiger partial charge in [-0.15, -0.1) is 0 Å². The van der Waals surface area contributed by atoms with Crippen LogP contribution < -0.4 is 10.6 Å². The van der Waals surface area contributed by atoms with Gasteiger partial charge in [-0.05, 0) is 17.9 Å². The van der Waals surface area contributed by atoms with Crippen LogP contribution in [0.4, 0.5) is 10.6 Å². The van der Waals surface area contributed by atoms with Crippen molar-refractivity contribution in [2.45, 2.75) is 33.1 Å². The van der Waals surface area contributed by atoms with Crippen LogP contribution in [0.5, 0.6) is 0 Å². The molecule has 5 heteroatoms. The number of amides is 2. The Morgan fingerprint density at radius 1 is 1.50 bits per heavy atom. The molecule has 0 fully saturated rings. The number of nitrogens with zero attached hydrogens (tertiary/aromatic N) is 2. The van der Waals surface area contributed by atoms with Gasteiger partial charge in [-0.1, -0.05) is 20.8 Å². The molecule has 0 radical (unpaired) electrons. The molecule has 0 bridgehead atoms. The highest BCUT2D eigenvalue weighted by Crippen LogP contribution is 2.31. The van der Waals surface area contributed by atoms with Gasteiger partial charge >= 0.3 is 6.03 Å². The minimum absolute atomic E-state index is 0.135. The van der Waals surface area contributed by atoms with Gasteiger partial charge in [0.25, 0.3) is 0 Å². The zero-order valence-corrected chi connectivity index (χ0v) is 11.6. The summed E-state index contributed by atoms with van der Waals surface area (Å²) in [5, 5.41) is 14.6. The normalized spacial score (nSPS) is 10.9. The summed E-state index contributed by atoms with van der Waals surface area (Å²) in [7, 11) is 1.82. The molecule has 1 aromatic rings. The Bertz CT molecular complexity index is 488. The lowest BCUT2D eigenvalue weighted by Crippen LogP contribution is -2.29. The van der Waals surface area contributed by atoms with Crippen LogP contribution in [0, 0.1) is 11.3 Å². The van der Waals surface area contributed by atoms with E-state index in [0.717, 1.165) is 5.56 Å². The molecule has 0 aliphatic rings. The second-order valence-electron chi connectivity index (χ2n) is 5.22. The molecule has 0 saturated heterocycles. The molecule has 1 heterocycles. The SMILES string of the molecule is CCNC(=O)Nc1c(C#N)c(C(C)(C)C)cn1C. The summed E-state index contributed by atoms with van der Waals surface area (Å²) >= 11 is 0. The number of nitrogens with one attached hydrogen (secondary N) is 2. The Balaban J connectivity index is 3.18. The fraction of sp³-hybridized carbons (Fsp3) is 0.538. The first-order valence-electron chi connectivity index (χ1n) is 5.96. The second kappa shape index (κ2) is 5.13. The molecular weight excluding hydrogens is 228 g/mol. The van der Waals surface area contributed by atoms with Crippen LogP contribution in [0.2, 0.25) is 0 Å². The fourth-order valence-corrected chi connectivity index (χ4v) is 1.77. The summed E-state index contributed by atoms with van der Waals surface area (Å²) in [6, 6.07) is 1.88. The van der Waals surface area contributed by atoms with Gasteiger partial charge in [-0.25, -0.2) is 4.79 Å². The van der Waals surface area contributed by atoms with Crippen LogP contribution in [0.25, 0.3) is 0 Å². The van der Waals surface area contributed by atoms with Gasteiger partial charge in [0, 0.05) is 19.8 Å². The zero-order valence-electron chi connectivity index (χ0n) is 11.6. The van der Waals surface area contributed by atoms with Crippen molar-refractivity contribution in [1.29, 1.82) is 5.26 Å². The summed E-state index contributed by atoms with van der Waals surface area (Å²) in [6.45, 7) is 8.51. The van der Waals surface area contributed by atoms with Crippen LogP contribution >= 0.6 is 0 Å². The number of anilines is 1. The van der Waals surface area contributed by atoms with Gasteiger partial charge < -0.3 is 9.88 Å². The first-order chi connectivity index (χ1) is 8.31. The quantitative estimate of drug-likeness (QED) is 0.843. The largest absolute Gasteiger partial charge is 0.338 e. The van der Waals surface area contributed by atoms with E-state index >= 15 is 0 Å². The predicted octanol–water partition coefficient (Wildman–Crippen LogP) is 2.34.